The lowest BCUT2D eigenvalue weighted by atomic mass is 9.87. The summed E-state index contributed by atoms with van der Waals surface area (Å²) in [6.07, 6.45) is 0. The fraction of sp³-hybridized carbons (Fsp3) is 0.222. The summed E-state index contributed by atoms with van der Waals surface area (Å²) in [6, 6.07) is 12.7. The Morgan fingerprint density at radius 1 is 0.833 bits per heavy atom. The van der Waals surface area contributed by atoms with Gasteiger partial charge < -0.3 is 0 Å². The summed E-state index contributed by atoms with van der Waals surface area (Å²) in [4.78, 5) is 0. The van der Waals surface area contributed by atoms with Crippen LogP contribution in [0.4, 0.5) is 0 Å². The van der Waals surface area contributed by atoms with Gasteiger partial charge in [0.2, 0.25) is 0 Å². The number of hydrogen-bond donors (Lipinski definition) is 0. The standard InChI is InChI=1S/C18H20/c1-12-11-13(2)15(4)18(14(12)3)16(5)17-9-7-6-8-10-17/h6-11H,5H2,1-4H3. The predicted molar refractivity (Wildman–Crippen MR) is 80.0 cm³/mol. The topological polar surface area (TPSA) is 0 Å². The summed E-state index contributed by atoms with van der Waals surface area (Å²) in [7, 11) is 0. The fourth-order valence-corrected chi connectivity index (χ4v) is 2.45. The lowest BCUT2D eigenvalue weighted by Gasteiger charge is -2.17. The Labute approximate surface area is 110 Å². The Balaban J connectivity index is 2.62. The summed E-state index contributed by atoms with van der Waals surface area (Å²) >= 11 is 0. The van der Waals surface area contributed by atoms with Gasteiger partial charge >= 0.3 is 0 Å². The van der Waals surface area contributed by atoms with E-state index in [9.17, 15) is 0 Å². The van der Waals surface area contributed by atoms with Crippen molar-refractivity contribution < 1.29 is 0 Å². The molecule has 0 saturated carbocycles. The minimum absolute atomic E-state index is 1.12. The van der Waals surface area contributed by atoms with E-state index in [1.54, 1.807) is 0 Å². The van der Waals surface area contributed by atoms with Crippen LogP contribution in [0.15, 0.2) is 43.0 Å². The largest absolute Gasteiger partial charge is 0.0905 e. The molecule has 0 aliphatic rings. The average molecular weight is 236 g/mol. The summed E-state index contributed by atoms with van der Waals surface area (Å²) in [5.41, 5.74) is 8.99. The van der Waals surface area contributed by atoms with E-state index < -0.39 is 0 Å². The Kier molecular flexibility index (Phi) is 3.38. The van der Waals surface area contributed by atoms with Crippen molar-refractivity contribution in [2.75, 3.05) is 0 Å². The third kappa shape index (κ3) is 2.11. The molecule has 0 atom stereocenters. The molecular weight excluding hydrogens is 216 g/mol. The van der Waals surface area contributed by atoms with E-state index in [0.29, 0.717) is 0 Å². The Morgan fingerprint density at radius 2 is 1.33 bits per heavy atom. The molecule has 0 spiro atoms. The maximum Gasteiger partial charge on any atom is -0.0120 e. The van der Waals surface area contributed by atoms with Crippen molar-refractivity contribution in [3.63, 3.8) is 0 Å². The van der Waals surface area contributed by atoms with Crippen LogP contribution in [0.2, 0.25) is 0 Å². The lowest BCUT2D eigenvalue weighted by molar-refractivity contribution is 1.22. The lowest BCUT2D eigenvalue weighted by Crippen LogP contribution is -1.99. The van der Waals surface area contributed by atoms with Gasteiger partial charge in [0, 0.05) is 0 Å². The Hall–Kier alpha value is -1.82. The van der Waals surface area contributed by atoms with Crippen molar-refractivity contribution in [1.29, 1.82) is 0 Å². The van der Waals surface area contributed by atoms with Crippen molar-refractivity contribution in [3.05, 3.63) is 76.4 Å². The van der Waals surface area contributed by atoms with Crippen LogP contribution in [0.1, 0.15) is 33.4 Å². The van der Waals surface area contributed by atoms with Crippen LogP contribution in [0, 0.1) is 27.7 Å². The van der Waals surface area contributed by atoms with Gasteiger partial charge in [0.05, 0.1) is 0 Å². The van der Waals surface area contributed by atoms with Gasteiger partial charge in [0.1, 0.15) is 0 Å². The number of benzene rings is 2. The molecule has 2 aromatic rings. The van der Waals surface area contributed by atoms with E-state index >= 15 is 0 Å². The molecular formula is C18H20. The van der Waals surface area contributed by atoms with Crippen LogP contribution in [-0.4, -0.2) is 0 Å². The van der Waals surface area contributed by atoms with Gasteiger partial charge in [-0.25, -0.2) is 0 Å². The second-order valence-electron chi connectivity index (χ2n) is 4.98. The second-order valence-corrected chi connectivity index (χ2v) is 4.98. The predicted octanol–water partition coefficient (Wildman–Crippen LogP) is 4.98. The highest BCUT2D eigenvalue weighted by Gasteiger charge is 2.12. The third-order valence-corrected chi connectivity index (χ3v) is 3.79. The Morgan fingerprint density at radius 3 is 1.83 bits per heavy atom. The first-order chi connectivity index (χ1) is 8.52. The van der Waals surface area contributed by atoms with E-state index in [0.717, 1.165) is 5.57 Å². The first-order valence-electron chi connectivity index (χ1n) is 6.34. The van der Waals surface area contributed by atoms with Crippen molar-refractivity contribution in [3.8, 4) is 0 Å². The van der Waals surface area contributed by atoms with Crippen molar-refractivity contribution in [2.45, 2.75) is 27.7 Å². The molecule has 0 aromatic heterocycles. The molecule has 0 N–H and O–H groups in total. The van der Waals surface area contributed by atoms with Gasteiger partial charge in [-0.3, -0.25) is 0 Å². The maximum atomic E-state index is 4.30. The van der Waals surface area contributed by atoms with Crippen LogP contribution < -0.4 is 0 Å². The van der Waals surface area contributed by atoms with Crippen LogP contribution in [0.3, 0.4) is 0 Å². The first-order valence-corrected chi connectivity index (χ1v) is 6.34. The molecule has 0 unspecified atom stereocenters. The molecule has 0 fully saturated rings. The molecule has 0 saturated heterocycles. The first kappa shape index (κ1) is 12.6. The molecule has 92 valence electrons. The fourth-order valence-electron chi connectivity index (χ4n) is 2.45. The molecule has 0 aliphatic heterocycles. The molecule has 18 heavy (non-hydrogen) atoms. The van der Waals surface area contributed by atoms with Gasteiger partial charge in [-0.15, -0.1) is 0 Å². The minimum atomic E-state index is 1.12. The second kappa shape index (κ2) is 4.81. The van der Waals surface area contributed by atoms with Gasteiger partial charge in [-0.2, -0.15) is 0 Å². The van der Waals surface area contributed by atoms with E-state index in [2.05, 4.69) is 64.6 Å². The minimum Gasteiger partial charge on any atom is -0.0905 e. The van der Waals surface area contributed by atoms with E-state index in [1.165, 1.54) is 33.4 Å². The van der Waals surface area contributed by atoms with Crippen LogP contribution in [-0.2, 0) is 0 Å². The molecule has 0 heteroatoms. The monoisotopic (exact) mass is 236 g/mol. The highest BCUT2D eigenvalue weighted by Crippen LogP contribution is 2.31. The van der Waals surface area contributed by atoms with E-state index in [-0.39, 0.29) is 0 Å². The smallest absolute Gasteiger partial charge is 0.0120 e. The average Bonchev–Trinajstić information content (AvgIpc) is 2.37. The zero-order valence-corrected chi connectivity index (χ0v) is 11.7. The van der Waals surface area contributed by atoms with E-state index in [4.69, 9.17) is 0 Å². The van der Waals surface area contributed by atoms with Crippen LogP contribution in [0.5, 0.6) is 0 Å². The maximum absolute atomic E-state index is 4.30. The van der Waals surface area contributed by atoms with Gasteiger partial charge in [-0.05, 0) is 66.6 Å². The third-order valence-electron chi connectivity index (χ3n) is 3.79. The molecule has 0 amide bonds. The molecule has 0 aliphatic carbocycles. The van der Waals surface area contributed by atoms with Gasteiger partial charge in [-0.1, -0.05) is 43.0 Å². The van der Waals surface area contributed by atoms with Gasteiger partial charge in [0.15, 0.2) is 0 Å². The number of rotatable bonds is 2. The SMILES string of the molecule is C=C(c1ccccc1)c1c(C)c(C)cc(C)c1C. The number of hydrogen-bond acceptors (Lipinski definition) is 0. The molecule has 0 radical (unpaired) electrons. The molecule has 2 rings (SSSR count). The quantitative estimate of drug-likeness (QED) is 0.689. The summed E-state index contributed by atoms with van der Waals surface area (Å²) in [5, 5.41) is 0. The van der Waals surface area contributed by atoms with Crippen LogP contribution >= 0.6 is 0 Å². The van der Waals surface area contributed by atoms with Crippen LogP contribution in [0.25, 0.3) is 5.57 Å². The summed E-state index contributed by atoms with van der Waals surface area (Å²) in [6.45, 7) is 13.0. The van der Waals surface area contributed by atoms with Crippen molar-refractivity contribution >= 4 is 5.57 Å². The summed E-state index contributed by atoms with van der Waals surface area (Å²) < 4.78 is 0. The van der Waals surface area contributed by atoms with Crippen molar-refractivity contribution in [2.24, 2.45) is 0 Å². The molecule has 0 bridgehead atoms. The summed E-state index contributed by atoms with van der Waals surface area (Å²) in [5.74, 6) is 0. The van der Waals surface area contributed by atoms with Crippen molar-refractivity contribution in [1.82, 2.24) is 0 Å². The Bertz CT molecular complexity index is 563. The normalized spacial score (nSPS) is 10.4. The van der Waals surface area contributed by atoms with E-state index in [1.807, 2.05) is 6.07 Å². The highest BCUT2D eigenvalue weighted by atomic mass is 14.2. The number of aryl methyl sites for hydroxylation is 2. The molecule has 0 nitrogen and oxygen atoms in total. The molecule has 2 aromatic carbocycles. The highest BCUT2D eigenvalue weighted by molar-refractivity contribution is 5.82. The molecule has 0 heterocycles. The zero-order valence-electron chi connectivity index (χ0n) is 11.7. The zero-order chi connectivity index (χ0) is 13.3. The van der Waals surface area contributed by atoms with Gasteiger partial charge in [0.25, 0.3) is 0 Å².